The Morgan fingerprint density at radius 2 is 1.85 bits per heavy atom. The molecule has 0 atom stereocenters. The normalized spacial score (nSPS) is 22.4. The minimum Gasteiger partial charge on any atom is -0.494 e. The Bertz CT molecular complexity index is 385. The maximum Gasteiger partial charge on any atom is 0.119 e. The molecule has 1 fully saturated rings. The second-order valence-electron chi connectivity index (χ2n) is 5.94. The van der Waals surface area contributed by atoms with E-state index in [9.17, 15) is 0 Å². The Morgan fingerprint density at radius 1 is 1.15 bits per heavy atom. The van der Waals surface area contributed by atoms with E-state index in [4.69, 9.17) is 4.74 Å². The van der Waals surface area contributed by atoms with Crippen LogP contribution in [0.15, 0.2) is 36.9 Å². The second-order valence-corrected chi connectivity index (χ2v) is 5.94. The summed E-state index contributed by atoms with van der Waals surface area (Å²) in [7, 11) is 0. The van der Waals surface area contributed by atoms with Gasteiger partial charge in [-0.05, 0) is 75.0 Å². The number of benzene rings is 1. The molecule has 1 aromatic rings. The van der Waals surface area contributed by atoms with Gasteiger partial charge in [-0.15, -0.1) is 6.58 Å². The van der Waals surface area contributed by atoms with Gasteiger partial charge in [-0.3, -0.25) is 0 Å². The largest absolute Gasteiger partial charge is 0.494 e. The number of rotatable bonds is 7. The monoisotopic (exact) mass is 272 g/mol. The average Bonchev–Trinajstić information content (AvgIpc) is 2.49. The lowest BCUT2D eigenvalue weighted by Gasteiger charge is -2.28. The zero-order valence-corrected chi connectivity index (χ0v) is 12.8. The Hall–Kier alpha value is -1.24. The van der Waals surface area contributed by atoms with Crippen LogP contribution in [0.25, 0.3) is 0 Å². The lowest BCUT2D eigenvalue weighted by atomic mass is 9.77. The van der Waals surface area contributed by atoms with Gasteiger partial charge in [-0.25, -0.2) is 0 Å². The molecular formula is C19H28O. The molecule has 0 saturated heterocycles. The molecule has 0 amide bonds. The fraction of sp³-hybridized carbons (Fsp3) is 0.579. The molecule has 20 heavy (non-hydrogen) atoms. The van der Waals surface area contributed by atoms with E-state index in [1.807, 2.05) is 13.0 Å². The standard InChI is InChI=1S/C19H28O/c1-3-5-6-7-16-8-10-17(11-9-16)18-12-14-19(15-13-18)20-4-2/h3,12-17H,1,4-11H2,2H3/t16-,17-. The first-order valence-corrected chi connectivity index (χ1v) is 8.17. The summed E-state index contributed by atoms with van der Waals surface area (Å²) >= 11 is 0. The van der Waals surface area contributed by atoms with Crippen molar-refractivity contribution in [3.8, 4) is 5.75 Å². The highest BCUT2D eigenvalue weighted by molar-refractivity contribution is 5.29. The van der Waals surface area contributed by atoms with E-state index in [0.29, 0.717) is 0 Å². The Labute approximate surface area is 124 Å². The molecule has 0 N–H and O–H groups in total. The van der Waals surface area contributed by atoms with Gasteiger partial charge in [0.1, 0.15) is 5.75 Å². The van der Waals surface area contributed by atoms with Crippen molar-refractivity contribution in [2.75, 3.05) is 6.61 Å². The minimum absolute atomic E-state index is 0.745. The van der Waals surface area contributed by atoms with Crippen LogP contribution in [0.5, 0.6) is 5.75 Å². The molecule has 2 rings (SSSR count). The second kappa shape index (κ2) is 8.14. The van der Waals surface area contributed by atoms with Gasteiger partial charge in [-0.2, -0.15) is 0 Å². The van der Waals surface area contributed by atoms with Crippen LogP contribution < -0.4 is 4.74 Å². The highest BCUT2D eigenvalue weighted by atomic mass is 16.5. The first-order valence-electron chi connectivity index (χ1n) is 8.17. The quantitative estimate of drug-likeness (QED) is 0.456. The predicted molar refractivity (Wildman–Crippen MR) is 86.4 cm³/mol. The van der Waals surface area contributed by atoms with Crippen LogP contribution >= 0.6 is 0 Å². The molecule has 1 aromatic carbocycles. The molecule has 1 saturated carbocycles. The third-order valence-corrected chi connectivity index (χ3v) is 4.53. The van der Waals surface area contributed by atoms with E-state index in [0.717, 1.165) is 24.2 Å². The van der Waals surface area contributed by atoms with Crippen LogP contribution in [-0.2, 0) is 0 Å². The van der Waals surface area contributed by atoms with Gasteiger partial charge in [0.15, 0.2) is 0 Å². The summed E-state index contributed by atoms with van der Waals surface area (Å²) < 4.78 is 5.51. The summed E-state index contributed by atoms with van der Waals surface area (Å²) in [5, 5.41) is 0. The van der Waals surface area contributed by atoms with Gasteiger partial charge in [0.2, 0.25) is 0 Å². The van der Waals surface area contributed by atoms with Gasteiger partial charge in [0.25, 0.3) is 0 Å². The SMILES string of the molecule is C=CCCC[C@H]1CC[C@H](c2ccc(OCC)cc2)CC1. The molecular weight excluding hydrogens is 244 g/mol. The Balaban J connectivity index is 1.79. The van der Waals surface area contributed by atoms with Crippen molar-refractivity contribution in [1.82, 2.24) is 0 Å². The summed E-state index contributed by atoms with van der Waals surface area (Å²) in [6, 6.07) is 8.76. The van der Waals surface area contributed by atoms with E-state index in [1.54, 1.807) is 0 Å². The molecule has 0 heterocycles. The summed E-state index contributed by atoms with van der Waals surface area (Å²) in [5.74, 6) is 2.71. The van der Waals surface area contributed by atoms with Crippen molar-refractivity contribution < 1.29 is 4.74 Å². The van der Waals surface area contributed by atoms with Crippen LogP contribution in [0.3, 0.4) is 0 Å². The molecule has 0 aliphatic heterocycles. The third-order valence-electron chi connectivity index (χ3n) is 4.53. The van der Waals surface area contributed by atoms with Crippen LogP contribution in [-0.4, -0.2) is 6.61 Å². The number of hydrogen-bond donors (Lipinski definition) is 0. The summed E-state index contributed by atoms with van der Waals surface area (Å²) in [6.45, 7) is 6.58. The van der Waals surface area contributed by atoms with Crippen molar-refractivity contribution in [2.24, 2.45) is 5.92 Å². The Kier molecular flexibility index (Phi) is 6.17. The maximum atomic E-state index is 5.51. The summed E-state index contributed by atoms with van der Waals surface area (Å²) in [6.07, 6.45) is 11.4. The Morgan fingerprint density at radius 3 is 2.45 bits per heavy atom. The number of allylic oxidation sites excluding steroid dienone is 1. The first-order chi connectivity index (χ1) is 9.83. The van der Waals surface area contributed by atoms with E-state index in [-0.39, 0.29) is 0 Å². The average molecular weight is 272 g/mol. The molecule has 0 aromatic heterocycles. The zero-order valence-electron chi connectivity index (χ0n) is 12.8. The van der Waals surface area contributed by atoms with Crippen LogP contribution in [0, 0.1) is 5.92 Å². The van der Waals surface area contributed by atoms with Gasteiger partial charge in [-0.1, -0.05) is 24.6 Å². The predicted octanol–water partition coefficient (Wildman–Crippen LogP) is 5.72. The van der Waals surface area contributed by atoms with Gasteiger partial charge < -0.3 is 4.74 Å². The summed E-state index contributed by atoms with van der Waals surface area (Å²) in [5.41, 5.74) is 1.50. The van der Waals surface area contributed by atoms with Crippen molar-refractivity contribution in [2.45, 2.75) is 57.8 Å². The topological polar surface area (TPSA) is 9.23 Å². The third kappa shape index (κ3) is 4.40. The van der Waals surface area contributed by atoms with E-state index in [2.05, 4.69) is 30.8 Å². The molecule has 1 aliphatic carbocycles. The van der Waals surface area contributed by atoms with Crippen molar-refractivity contribution in [3.63, 3.8) is 0 Å². The highest BCUT2D eigenvalue weighted by Gasteiger charge is 2.21. The molecule has 0 radical (unpaired) electrons. The number of ether oxygens (including phenoxy) is 1. The molecule has 1 aliphatic rings. The fourth-order valence-corrected chi connectivity index (χ4v) is 3.34. The minimum atomic E-state index is 0.745. The van der Waals surface area contributed by atoms with Gasteiger partial charge in [0, 0.05) is 0 Å². The van der Waals surface area contributed by atoms with Crippen LogP contribution in [0.2, 0.25) is 0 Å². The van der Waals surface area contributed by atoms with Crippen LogP contribution in [0.1, 0.15) is 63.4 Å². The molecule has 0 bridgehead atoms. The highest BCUT2D eigenvalue weighted by Crippen LogP contribution is 2.38. The van der Waals surface area contributed by atoms with E-state index >= 15 is 0 Å². The van der Waals surface area contributed by atoms with Crippen LogP contribution in [0.4, 0.5) is 0 Å². The molecule has 1 nitrogen and oxygen atoms in total. The van der Waals surface area contributed by atoms with Gasteiger partial charge >= 0.3 is 0 Å². The molecule has 0 spiro atoms. The zero-order chi connectivity index (χ0) is 14.2. The van der Waals surface area contributed by atoms with Gasteiger partial charge in [0.05, 0.1) is 6.61 Å². The molecule has 1 heteroatoms. The smallest absolute Gasteiger partial charge is 0.119 e. The summed E-state index contributed by atoms with van der Waals surface area (Å²) in [4.78, 5) is 0. The van der Waals surface area contributed by atoms with E-state index in [1.165, 1.54) is 50.5 Å². The lowest BCUT2D eigenvalue weighted by Crippen LogP contribution is -2.13. The van der Waals surface area contributed by atoms with Crippen molar-refractivity contribution >= 4 is 0 Å². The number of hydrogen-bond acceptors (Lipinski definition) is 1. The van der Waals surface area contributed by atoms with Crippen molar-refractivity contribution in [1.29, 1.82) is 0 Å². The van der Waals surface area contributed by atoms with Crippen molar-refractivity contribution in [3.05, 3.63) is 42.5 Å². The first kappa shape index (κ1) is 15.2. The maximum absolute atomic E-state index is 5.51. The molecule has 0 unspecified atom stereocenters. The fourth-order valence-electron chi connectivity index (χ4n) is 3.34. The molecule has 110 valence electrons. The number of unbranched alkanes of at least 4 members (excludes halogenated alkanes) is 1. The van der Waals surface area contributed by atoms with E-state index < -0.39 is 0 Å². The lowest BCUT2D eigenvalue weighted by molar-refractivity contribution is 0.305.